The Balaban J connectivity index is 1.98. The predicted octanol–water partition coefficient (Wildman–Crippen LogP) is 5.57. The van der Waals surface area contributed by atoms with Crippen LogP contribution in [0, 0.1) is 6.92 Å². The standard InChI is InChI=1S/C18H12ClF3N2O2/c1-10-15(16(26-24-10)11-6-8-12(19)9-7-11)17(25)23-14-5-3-2-4-13(14)18(20,21)22/h2-9H,1H3,(H,23,25). The van der Waals surface area contributed by atoms with Gasteiger partial charge < -0.3 is 9.84 Å². The molecule has 1 N–H and O–H groups in total. The largest absolute Gasteiger partial charge is 0.418 e. The summed E-state index contributed by atoms with van der Waals surface area (Å²) in [6.07, 6.45) is -4.59. The molecule has 0 aliphatic carbocycles. The third-order valence-corrected chi connectivity index (χ3v) is 3.93. The number of carbonyl (C=O) groups excluding carboxylic acids is 1. The molecule has 0 atom stereocenters. The summed E-state index contributed by atoms with van der Waals surface area (Å²) >= 11 is 5.84. The first-order valence-electron chi connectivity index (χ1n) is 7.47. The molecule has 2 aromatic carbocycles. The highest BCUT2D eigenvalue weighted by atomic mass is 35.5. The van der Waals surface area contributed by atoms with Gasteiger partial charge in [-0.1, -0.05) is 28.9 Å². The average molecular weight is 381 g/mol. The number of aryl methyl sites for hydroxylation is 1. The average Bonchev–Trinajstić information content (AvgIpc) is 2.97. The molecule has 0 unspecified atom stereocenters. The second-order valence-electron chi connectivity index (χ2n) is 5.48. The SMILES string of the molecule is Cc1noc(-c2ccc(Cl)cc2)c1C(=O)Nc1ccccc1C(F)(F)F. The third-order valence-electron chi connectivity index (χ3n) is 3.68. The van der Waals surface area contributed by atoms with Crippen molar-refractivity contribution in [1.82, 2.24) is 5.16 Å². The van der Waals surface area contributed by atoms with E-state index in [0.717, 1.165) is 6.07 Å². The van der Waals surface area contributed by atoms with Crippen LogP contribution in [0.5, 0.6) is 0 Å². The van der Waals surface area contributed by atoms with E-state index in [2.05, 4.69) is 10.5 Å². The van der Waals surface area contributed by atoms with Gasteiger partial charge in [-0.05, 0) is 43.3 Å². The van der Waals surface area contributed by atoms with Crippen LogP contribution in [0.4, 0.5) is 18.9 Å². The number of benzene rings is 2. The normalized spacial score (nSPS) is 11.4. The van der Waals surface area contributed by atoms with Gasteiger partial charge in [-0.2, -0.15) is 13.2 Å². The molecule has 0 aliphatic rings. The van der Waals surface area contributed by atoms with Gasteiger partial charge in [0.25, 0.3) is 5.91 Å². The molecule has 0 aliphatic heterocycles. The summed E-state index contributed by atoms with van der Waals surface area (Å²) < 4.78 is 44.5. The van der Waals surface area contributed by atoms with E-state index in [1.54, 1.807) is 24.3 Å². The Hall–Kier alpha value is -2.80. The fourth-order valence-corrected chi connectivity index (χ4v) is 2.59. The second-order valence-corrected chi connectivity index (χ2v) is 5.91. The van der Waals surface area contributed by atoms with Crippen LogP contribution >= 0.6 is 11.6 Å². The minimum Gasteiger partial charge on any atom is -0.355 e. The van der Waals surface area contributed by atoms with Gasteiger partial charge in [0, 0.05) is 10.6 Å². The van der Waals surface area contributed by atoms with Crippen LogP contribution in [0.3, 0.4) is 0 Å². The Kier molecular flexibility index (Phi) is 4.73. The number of aromatic nitrogens is 1. The molecule has 134 valence electrons. The van der Waals surface area contributed by atoms with Gasteiger partial charge in [0.05, 0.1) is 16.9 Å². The number of carbonyl (C=O) groups is 1. The minimum absolute atomic E-state index is 0.0595. The lowest BCUT2D eigenvalue weighted by molar-refractivity contribution is -0.136. The van der Waals surface area contributed by atoms with Crippen molar-refractivity contribution in [3.05, 3.63) is 70.4 Å². The van der Waals surface area contributed by atoms with E-state index < -0.39 is 17.6 Å². The number of rotatable bonds is 3. The molecule has 1 aromatic heterocycles. The number of nitrogens with one attached hydrogen (secondary N) is 1. The fourth-order valence-electron chi connectivity index (χ4n) is 2.46. The summed E-state index contributed by atoms with van der Waals surface area (Å²) in [6.45, 7) is 1.54. The zero-order valence-electron chi connectivity index (χ0n) is 13.4. The van der Waals surface area contributed by atoms with E-state index >= 15 is 0 Å². The number of anilines is 1. The van der Waals surface area contributed by atoms with Gasteiger partial charge in [0.1, 0.15) is 5.56 Å². The Labute approximate surface area is 151 Å². The Morgan fingerprint density at radius 1 is 1.12 bits per heavy atom. The van der Waals surface area contributed by atoms with Crippen LogP contribution in [-0.4, -0.2) is 11.1 Å². The smallest absolute Gasteiger partial charge is 0.355 e. The number of hydrogen-bond donors (Lipinski definition) is 1. The highest BCUT2D eigenvalue weighted by molar-refractivity contribution is 6.30. The van der Waals surface area contributed by atoms with Gasteiger partial charge in [-0.25, -0.2) is 0 Å². The summed E-state index contributed by atoms with van der Waals surface area (Å²) in [5, 5.41) is 6.55. The van der Waals surface area contributed by atoms with Crippen LogP contribution in [0.15, 0.2) is 53.1 Å². The van der Waals surface area contributed by atoms with Gasteiger partial charge in [0.2, 0.25) is 0 Å². The molecular weight excluding hydrogens is 369 g/mol. The molecule has 3 rings (SSSR count). The van der Waals surface area contributed by atoms with E-state index in [-0.39, 0.29) is 22.7 Å². The van der Waals surface area contributed by atoms with Crippen molar-refractivity contribution in [2.75, 3.05) is 5.32 Å². The molecule has 0 bridgehead atoms. The second kappa shape index (κ2) is 6.84. The Morgan fingerprint density at radius 3 is 2.42 bits per heavy atom. The first-order chi connectivity index (χ1) is 12.3. The lowest BCUT2D eigenvalue weighted by Crippen LogP contribution is -2.17. The number of amides is 1. The molecule has 0 fully saturated rings. The van der Waals surface area contributed by atoms with E-state index in [1.165, 1.54) is 25.1 Å². The van der Waals surface area contributed by atoms with Crippen molar-refractivity contribution >= 4 is 23.2 Å². The van der Waals surface area contributed by atoms with E-state index in [9.17, 15) is 18.0 Å². The molecule has 0 spiro atoms. The van der Waals surface area contributed by atoms with E-state index in [1.807, 2.05) is 0 Å². The minimum atomic E-state index is -4.59. The molecule has 26 heavy (non-hydrogen) atoms. The maximum atomic E-state index is 13.1. The molecule has 0 saturated carbocycles. The Morgan fingerprint density at radius 2 is 1.77 bits per heavy atom. The number of halogens is 4. The lowest BCUT2D eigenvalue weighted by atomic mass is 10.1. The van der Waals surface area contributed by atoms with Crippen LogP contribution in [-0.2, 0) is 6.18 Å². The number of nitrogens with zero attached hydrogens (tertiary/aromatic N) is 1. The summed E-state index contributed by atoms with van der Waals surface area (Å²) in [5.41, 5.74) is -0.423. The van der Waals surface area contributed by atoms with Gasteiger partial charge >= 0.3 is 6.18 Å². The molecule has 0 saturated heterocycles. The fraction of sp³-hybridized carbons (Fsp3) is 0.111. The quantitative estimate of drug-likeness (QED) is 0.645. The first kappa shape index (κ1) is 18.0. The number of para-hydroxylation sites is 1. The van der Waals surface area contributed by atoms with Crippen LogP contribution in [0.2, 0.25) is 5.02 Å². The summed E-state index contributed by atoms with van der Waals surface area (Å²) in [7, 11) is 0. The third kappa shape index (κ3) is 3.57. The molecule has 4 nitrogen and oxygen atoms in total. The van der Waals surface area contributed by atoms with Crippen LogP contribution < -0.4 is 5.32 Å². The van der Waals surface area contributed by atoms with Crippen molar-refractivity contribution in [2.24, 2.45) is 0 Å². The van der Waals surface area contributed by atoms with Crippen molar-refractivity contribution in [2.45, 2.75) is 13.1 Å². The summed E-state index contributed by atoms with van der Waals surface area (Å²) in [4.78, 5) is 12.6. The Bertz CT molecular complexity index is 950. The molecule has 0 radical (unpaired) electrons. The van der Waals surface area contributed by atoms with Gasteiger partial charge in [0.15, 0.2) is 5.76 Å². The van der Waals surface area contributed by atoms with Crippen molar-refractivity contribution in [3.8, 4) is 11.3 Å². The monoisotopic (exact) mass is 380 g/mol. The lowest BCUT2D eigenvalue weighted by Gasteiger charge is -2.13. The number of alkyl halides is 3. The highest BCUT2D eigenvalue weighted by Gasteiger charge is 2.34. The zero-order chi connectivity index (χ0) is 18.9. The summed E-state index contributed by atoms with van der Waals surface area (Å²) in [6, 6.07) is 11.2. The van der Waals surface area contributed by atoms with Crippen molar-refractivity contribution in [3.63, 3.8) is 0 Å². The first-order valence-corrected chi connectivity index (χ1v) is 7.85. The van der Waals surface area contributed by atoms with E-state index in [4.69, 9.17) is 16.1 Å². The molecule has 8 heteroatoms. The topological polar surface area (TPSA) is 55.1 Å². The predicted molar refractivity (Wildman–Crippen MR) is 91.1 cm³/mol. The molecule has 1 amide bonds. The highest BCUT2D eigenvalue weighted by Crippen LogP contribution is 2.35. The van der Waals surface area contributed by atoms with Crippen LogP contribution in [0.25, 0.3) is 11.3 Å². The van der Waals surface area contributed by atoms with Crippen LogP contribution in [0.1, 0.15) is 21.6 Å². The maximum Gasteiger partial charge on any atom is 0.418 e. The molecular formula is C18H12ClF3N2O2. The van der Waals surface area contributed by atoms with Crippen molar-refractivity contribution in [1.29, 1.82) is 0 Å². The van der Waals surface area contributed by atoms with E-state index in [0.29, 0.717) is 10.6 Å². The van der Waals surface area contributed by atoms with Gasteiger partial charge in [-0.3, -0.25) is 4.79 Å². The van der Waals surface area contributed by atoms with Gasteiger partial charge in [-0.15, -0.1) is 0 Å². The molecule has 1 heterocycles. The number of hydrogen-bond acceptors (Lipinski definition) is 3. The van der Waals surface area contributed by atoms with Crippen molar-refractivity contribution < 1.29 is 22.5 Å². The maximum absolute atomic E-state index is 13.1. The molecule has 3 aromatic rings. The summed E-state index contributed by atoms with van der Waals surface area (Å²) in [5.74, 6) is -0.591. The zero-order valence-corrected chi connectivity index (χ0v) is 14.2.